The molecule has 0 saturated carbocycles. The third-order valence-electron chi connectivity index (χ3n) is 4.57. The van der Waals surface area contributed by atoms with Gasteiger partial charge in [-0.2, -0.15) is 0 Å². The highest BCUT2D eigenvalue weighted by Crippen LogP contribution is 2.29. The van der Waals surface area contributed by atoms with Crippen LogP contribution in [0.15, 0.2) is 24.3 Å². The number of rotatable bonds is 4. The van der Waals surface area contributed by atoms with E-state index in [1.54, 1.807) is 0 Å². The van der Waals surface area contributed by atoms with E-state index >= 15 is 0 Å². The highest BCUT2D eigenvalue weighted by Gasteiger charge is 2.27. The number of phenolic OH excluding ortho intramolecular Hbond substituents is 1. The predicted octanol–water partition coefficient (Wildman–Crippen LogP) is 2.56. The van der Waals surface area contributed by atoms with Crippen molar-refractivity contribution in [1.82, 2.24) is 9.97 Å². The molecule has 9 nitrogen and oxygen atoms in total. The van der Waals surface area contributed by atoms with Gasteiger partial charge in [-0.05, 0) is 38.8 Å². The standard InChI is InChI=1S/C18H21N5O4/c1-11-9-12(2)20-18(19-11)22-7-5-13(6-8-22)17(25)21-15-4-3-14(23(26)27)10-16(15)24/h3-4,9-10,13,24H,5-8H2,1-2H3,(H,21,25). The monoisotopic (exact) mass is 371 g/mol. The summed E-state index contributed by atoms with van der Waals surface area (Å²) in [5.74, 6) is -0.0557. The first-order valence-corrected chi connectivity index (χ1v) is 8.69. The number of non-ortho nitro benzene ring substituents is 1. The van der Waals surface area contributed by atoms with Crippen LogP contribution in [0.5, 0.6) is 5.75 Å². The first-order chi connectivity index (χ1) is 12.8. The molecule has 2 heterocycles. The van der Waals surface area contributed by atoms with E-state index in [-0.39, 0.29) is 28.9 Å². The lowest BCUT2D eigenvalue weighted by molar-refractivity contribution is -0.384. The van der Waals surface area contributed by atoms with E-state index in [2.05, 4.69) is 20.2 Å². The summed E-state index contributed by atoms with van der Waals surface area (Å²) in [5.41, 5.74) is 1.76. The number of carbonyl (C=O) groups excluding carboxylic acids is 1. The molecular weight excluding hydrogens is 350 g/mol. The molecule has 142 valence electrons. The number of nitro groups is 1. The number of piperidine rings is 1. The number of aromatic nitrogens is 2. The van der Waals surface area contributed by atoms with Crippen molar-refractivity contribution in [3.05, 3.63) is 45.8 Å². The van der Waals surface area contributed by atoms with Gasteiger partial charge in [0, 0.05) is 36.5 Å². The maximum absolute atomic E-state index is 12.5. The third-order valence-corrected chi connectivity index (χ3v) is 4.57. The molecule has 0 atom stereocenters. The molecule has 0 spiro atoms. The Bertz CT molecular complexity index is 858. The van der Waals surface area contributed by atoms with Crippen LogP contribution >= 0.6 is 0 Å². The number of nitro benzene ring substituents is 1. The van der Waals surface area contributed by atoms with E-state index in [1.165, 1.54) is 12.1 Å². The Morgan fingerprint density at radius 3 is 2.41 bits per heavy atom. The lowest BCUT2D eigenvalue weighted by Gasteiger charge is -2.31. The Labute approximate surface area is 156 Å². The molecule has 1 aliphatic heterocycles. The normalized spacial score (nSPS) is 14.8. The number of aromatic hydroxyl groups is 1. The van der Waals surface area contributed by atoms with E-state index < -0.39 is 4.92 Å². The number of phenols is 1. The highest BCUT2D eigenvalue weighted by molar-refractivity contribution is 5.94. The van der Waals surface area contributed by atoms with Gasteiger partial charge in [0.25, 0.3) is 5.69 Å². The fourth-order valence-corrected chi connectivity index (χ4v) is 3.16. The van der Waals surface area contributed by atoms with E-state index in [0.29, 0.717) is 31.9 Å². The van der Waals surface area contributed by atoms with Crippen LogP contribution in [-0.2, 0) is 4.79 Å². The smallest absolute Gasteiger partial charge is 0.273 e. The fraction of sp³-hybridized carbons (Fsp3) is 0.389. The van der Waals surface area contributed by atoms with E-state index in [9.17, 15) is 20.0 Å². The van der Waals surface area contributed by atoms with E-state index in [0.717, 1.165) is 17.5 Å². The van der Waals surface area contributed by atoms with Crippen molar-refractivity contribution >= 4 is 23.2 Å². The number of hydrogen-bond acceptors (Lipinski definition) is 7. The van der Waals surface area contributed by atoms with Crippen LogP contribution < -0.4 is 10.2 Å². The number of carbonyl (C=O) groups is 1. The Balaban J connectivity index is 1.61. The number of hydrogen-bond donors (Lipinski definition) is 2. The van der Waals surface area contributed by atoms with Gasteiger partial charge in [0.2, 0.25) is 11.9 Å². The predicted molar refractivity (Wildman–Crippen MR) is 99.8 cm³/mol. The molecule has 9 heteroatoms. The first-order valence-electron chi connectivity index (χ1n) is 8.69. The summed E-state index contributed by atoms with van der Waals surface area (Å²) >= 11 is 0. The van der Waals surface area contributed by atoms with Gasteiger partial charge in [-0.3, -0.25) is 14.9 Å². The molecule has 1 aliphatic rings. The Hall–Kier alpha value is -3.23. The van der Waals surface area contributed by atoms with Crippen LogP contribution in [0.25, 0.3) is 0 Å². The number of aryl methyl sites for hydroxylation is 2. The highest BCUT2D eigenvalue weighted by atomic mass is 16.6. The summed E-state index contributed by atoms with van der Waals surface area (Å²) in [7, 11) is 0. The van der Waals surface area contributed by atoms with Crippen LogP contribution in [0.1, 0.15) is 24.2 Å². The molecular formula is C18H21N5O4. The summed E-state index contributed by atoms with van der Waals surface area (Å²) < 4.78 is 0. The molecule has 3 rings (SSSR count). The van der Waals surface area contributed by atoms with Gasteiger partial charge >= 0.3 is 0 Å². The molecule has 1 fully saturated rings. The molecule has 1 aromatic carbocycles. The lowest BCUT2D eigenvalue weighted by atomic mass is 9.96. The molecule has 0 unspecified atom stereocenters. The quantitative estimate of drug-likeness (QED) is 0.481. The average molecular weight is 371 g/mol. The van der Waals surface area contributed by atoms with Crippen molar-refractivity contribution in [2.75, 3.05) is 23.3 Å². The minimum Gasteiger partial charge on any atom is -0.506 e. The molecule has 1 amide bonds. The van der Waals surface area contributed by atoms with Crippen molar-refractivity contribution in [1.29, 1.82) is 0 Å². The summed E-state index contributed by atoms with van der Waals surface area (Å²) in [6.07, 6.45) is 1.27. The Morgan fingerprint density at radius 1 is 1.22 bits per heavy atom. The minimum absolute atomic E-state index is 0.172. The molecule has 2 N–H and O–H groups in total. The SMILES string of the molecule is Cc1cc(C)nc(N2CCC(C(=O)Nc3ccc([N+](=O)[O-])cc3O)CC2)n1. The summed E-state index contributed by atoms with van der Waals surface area (Å²) in [5, 5.41) is 23.3. The zero-order valence-electron chi connectivity index (χ0n) is 15.2. The van der Waals surface area contributed by atoms with Gasteiger partial charge in [0.15, 0.2) is 0 Å². The fourth-order valence-electron chi connectivity index (χ4n) is 3.16. The van der Waals surface area contributed by atoms with Gasteiger partial charge < -0.3 is 15.3 Å². The summed E-state index contributed by atoms with van der Waals surface area (Å²) in [6, 6.07) is 5.52. The lowest BCUT2D eigenvalue weighted by Crippen LogP contribution is -2.39. The van der Waals surface area contributed by atoms with Crippen molar-refractivity contribution in [2.45, 2.75) is 26.7 Å². The average Bonchev–Trinajstić information content (AvgIpc) is 2.62. The van der Waals surface area contributed by atoms with Crippen LogP contribution in [0.3, 0.4) is 0 Å². The molecule has 1 aromatic heterocycles. The summed E-state index contributed by atoms with van der Waals surface area (Å²) in [4.78, 5) is 33.6. The van der Waals surface area contributed by atoms with Crippen molar-refractivity contribution in [2.24, 2.45) is 5.92 Å². The maximum Gasteiger partial charge on any atom is 0.273 e. The number of anilines is 2. The van der Waals surface area contributed by atoms with Gasteiger partial charge in [-0.1, -0.05) is 0 Å². The molecule has 0 bridgehead atoms. The van der Waals surface area contributed by atoms with Gasteiger partial charge in [0.05, 0.1) is 16.7 Å². The topological polar surface area (TPSA) is 121 Å². The van der Waals surface area contributed by atoms with Gasteiger partial charge in [-0.15, -0.1) is 0 Å². The Morgan fingerprint density at radius 2 is 1.85 bits per heavy atom. The molecule has 1 saturated heterocycles. The third kappa shape index (κ3) is 4.30. The van der Waals surface area contributed by atoms with E-state index in [1.807, 2.05) is 19.9 Å². The van der Waals surface area contributed by atoms with Crippen LogP contribution in [0.4, 0.5) is 17.3 Å². The molecule has 0 aliphatic carbocycles. The first kappa shape index (κ1) is 18.6. The zero-order chi connectivity index (χ0) is 19.6. The zero-order valence-corrected chi connectivity index (χ0v) is 15.2. The minimum atomic E-state index is -0.601. The second-order valence-corrected chi connectivity index (χ2v) is 6.66. The maximum atomic E-state index is 12.5. The van der Waals surface area contributed by atoms with Crippen molar-refractivity contribution in [3.8, 4) is 5.75 Å². The van der Waals surface area contributed by atoms with Crippen LogP contribution in [0.2, 0.25) is 0 Å². The van der Waals surface area contributed by atoms with Crippen LogP contribution in [0, 0.1) is 29.9 Å². The summed E-state index contributed by atoms with van der Waals surface area (Å²) in [6.45, 7) is 5.17. The number of amides is 1. The second-order valence-electron chi connectivity index (χ2n) is 6.66. The van der Waals surface area contributed by atoms with Gasteiger partial charge in [-0.25, -0.2) is 9.97 Å². The molecule has 27 heavy (non-hydrogen) atoms. The Kier molecular flexibility index (Phi) is 5.20. The second kappa shape index (κ2) is 7.56. The van der Waals surface area contributed by atoms with Crippen molar-refractivity contribution in [3.63, 3.8) is 0 Å². The van der Waals surface area contributed by atoms with Gasteiger partial charge in [0.1, 0.15) is 5.75 Å². The number of nitrogens with one attached hydrogen (secondary N) is 1. The number of nitrogens with zero attached hydrogens (tertiary/aromatic N) is 4. The number of benzene rings is 1. The largest absolute Gasteiger partial charge is 0.506 e. The van der Waals surface area contributed by atoms with E-state index in [4.69, 9.17) is 0 Å². The molecule has 2 aromatic rings. The molecule has 0 radical (unpaired) electrons. The van der Waals surface area contributed by atoms with Crippen LogP contribution in [-0.4, -0.2) is 39.0 Å². The van der Waals surface area contributed by atoms with Crippen molar-refractivity contribution < 1.29 is 14.8 Å².